The Labute approximate surface area is 118 Å². The summed E-state index contributed by atoms with van der Waals surface area (Å²) in [4.78, 5) is 23.7. The third-order valence-corrected chi connectivity index (χ3v) is 4.28. The van der Waals surface area contributed by atoms with Crippen LogP contribution in [-0.2, 0) is 4.79 Å². The van der Waals surface area contributed by atoms with E-state index in [0.29, 0.717) is 17.6 Å². The van der Waals surface area contributed by atoms with Crippen LogP contribution >= 0.6 is 0 Å². The zero-order valence-corrected chi connectivity index (χ0v) is 11.5. The van der Waals surface area contributed by atoms with Crippen molar-refractivity contribution >= 4 is 17.5 Å². The van der Waals surface area contributed by atoms with E-state index >= 15 is 0 Å². The molecule has 3 unspecified atom stereocenters. The molecule has 3 atom stereocenters. The van der Waals surface area contributed by atoms with Crippen molar-refractivity contribution in [2.45, 2.75) is 31.3 Å². The molecule has 3 rings (SSSR count). The van der Waals surface area contributed by atoms with Crippen molar-refractivity contribution in [1.29, 1.82) is 0 Å². The number of hydrogen-bond acceptors (Lipinski definition) is 3. The lowest BCUT2D eigenvalue weighted by molar-refractivity contribution is -0.120. The highest BCUT2D eigenvalue weighted by atomic mass is 16.2. The number of rotatable bonds is 3. The Morgan fingerprint density at radius 1 is 1.20 bits per heavy atom. The molecule has 0 aliphatic carbocycles. The molecule has 2 aliphatic rings. The Hall–Kier alpha value is -1.88. The first-order valence-corrected chi connectivity index (χ1v) is 7.06. The summed E-state index contributed by atoms with van der Waals surface area (Å²) in [5.41, 5.74) is 1.33. The minimum absolute atomic E-state index is 0.0763. The van der Waals surface area contributed by atoms with Crippen molar-refractivity contribution < 1.29 is 9.59 Å². The van der Waals surface area contributed by atoms with Gasteiger partial charge in [0.05, 0.1) is 5.92 Å². The molecule has 106 valence electrons. The Kier molecular flexibility index (Phi) is 3.44. The first-order chi connectivity index (χ1) is 9.67. The zero-order chi connectivity index (χ0) is 14.1. The molecule has 3 N–H and O–H groups in total. The molecule has 2 bridgehead atoms. The van der Waals surface area contributed by atoms with Crippen LogP contribution in [0.3, 0.4) is 0 Å². The third-order valence-electron chi connectivity index (χ3n) is 4.28. The van der Waals surface area contributed by atoms with Crippen molar-refractivity contribution in [3.8, 4) is 0 Å². The van der Waals surface area contributed by atoms with E-state index in [0.717, 1.165) is 18.5 Å². The smallest absolute Gasteiger partial charge is 0.251 e. The van der Waals surface area contributed by atoms with Gasteiger partial charge in [-0.1, -0.05) is 0 Å². The molecule has 0 aromatic heterocycles. The van der Waals surface area contributed by atoms with Gasteiger partial charge in [0, 0.05) is 30.4 Å². The Morgan fingerprint density at radius 3 is 2.50 bits per heavy atom. The van der Waals surface area contributed by atoms with E-state index in [1.165, 1.54) is 6.42 Å². The van der Waals surface area contributed by atoms with E-state index in [-0.39, 0.29) is 17.7 Å². The highest BCUT2D eigenvalue weighted by Crippen LogP contribution is 2.33. The van der Waals surface area contributed by atoms with Crippen LogP contribution in [0.4, 0.5) is 5.69 Å². The van der Waals surface area contributed by atoms with Gasteiger partial charge in [-0.25, -0.2) is 0 Å². The molecule has 2 saturated heterocycles. The predicted octanol–water partition coefficient (Wildman–Crippen LogP) is 1.13. The van der Waals surface area contributed by atoms with Gasteiger partial charge in [0.15, 0.2) is 0 Å². The summed E-state index contributed by atoms with van der Waals surface area (Å²) in [5, 5.41) is 8.97. The van der Waals surface area contributed by atoms with Crippen molar-refractivity contribution in [3.05, 3.63) is 29.8 Å². The second kappa shape index (κ2) is 5.25. The van der Waals surface area contributed by atoms with Crippen LogP contribution in [-0.4, -0.2) is 30.9 Å². The molecule has 2 fully saturated rings. The quantitative estimate of drug-likeness (QED) is 0.773. The van der Waals surface area contributed by atoms with Crippen LogP contribution < -0.4 is 16.0 Å². The summed E-state index contributed by atoms with van der Waals surface area (Å²) in [6.07, 6.45) is 3.22. The average Bonchev–Trinajstić information content (AvgIpc) is 3.10. The lowest BCUT2D eigenvalue weighted by Gasteiger charge is -2.19. The van der Waals surface area contributed by atoms with Gasteiger partial charge in [0.25, 0.3) is 5.91 Å². The molecule has 0 saturated carbocycles. The van der Waals surface area contributed by atoms with Crippen molar-refractivity contribution in [1.82, 2.24) is 10.6 Å². The van der Waals surface area contributed by atoms with Crippen molar-refractivity contribution in [2.24, 2.45) is 5.92 Å². The van der Waals surface area contributed by atoms with E-state index in [2.05, 4.69) is 16.0 Å². The average molecular weight is 273 g/mol. The van der Waals surface area contributed by atoms with Gasteiger partial charge in [0.2, 0.25) is 5.91 Å². The summed E-state index contributed by atoms with van der Waals surface area (Å²) in [6, 6.07) is 7.82. The second-order valence-corrected chi connectivity index (χ2v) is 5.54. The molecule has 2 aliphatic heterocycles. The number of benzene rings is 1. The Morgan fingerprint density at radius 2 is 1.95 bits per heavy atom. The Balaban J connectivity index is 1.63. The van der Waals surface area contributed by atoms with E-state index in [1.54, 1.807) is 31.3 Å². The number of anilines is 1. The normalized spacial score (nSPS) is 27.4. The molecule has 5 heteroatoms. The third kappa shape index (κ3) is 2.41. The largest absolute Gasteiger partial charge is 0.355 e. The second-order valence-electron chi connectivity index (χ2n) is 5.54. The van der Waals surface area contributed by atoms with Crippen LogP contribution in [0.25, 0.3) is 0 Å². The number of amides is 2. The van der Waals surface area contributed by atoms with Gasteiger partial charge in [-0.3, -0.25) is 9.59 Å². The first-order valence-electron chi connectivity index (χ1n) is 7.06. The van der Waals surface area contributed by atoms with Crippen molar-refractivity contribution in [3.63, 3.8) is 0 Å². The molecule has 2 amide bonds. The fraction of sp³-hybridized carbons (Fsp3) is 0.467. The first kappa shape index (κ1) is 13.1. The summed E-state index contributed by atoms with van der Waals surface area (Å²) in [5.74, 6) is 0.0324. The van der Waals surface area contributed by atoms with E-state index < -0.39 is 0 Å². The van der Waals surface area contributed by atoms with Crippen LogP contribution in [0, 0.1) is 5.92 Å². The SMILES string of the molecule is CNC(=O)c1ccc(NC(=O)C2CC3CCC2N3)cc1. The monoisotopic (exact) mass is 273 g/mol. The standard InChI is InChI=1S/C15H19N3O2/c1-16-14(19)9-2-4-10(5-3-9)18-15(20)12-8-11-6-7-13(12)17-11/h2-5,11-13,17H,6-8H2,1H3,(H,16,19)(H,18,20). The molecular formula is C15H19N3O2. The number of carbonyl (C=O) groups excluding carboxylic acids is 2. The van der Waals surface area contributed by atoms with Crippen LogP contribution in [0.15, 0.2) is 24.3 Å². The molecule has 1 aromatic rings. The van der Waals surface area contributed by atoms with Gasteiger partial charge >= 0.3 is 0 Å². The van der Waals surface area contributed by atoms with E-state index in [1.807, 2.05) is 0 Å². The van der Waals surface area contributed by atoms with E-state index in [9.17, 15) is 9.59 Å². The maximum atomic E-state index is 12.2. The van der Waals surface area contributed by atoms with Gasteiger partial charge in [-0.05, 0) is 43.5 Å². The number of carbonyl (C=O) groups is 2. The highest BCUT2D eigenvalue weighted by molar-refractivity contribution is 5.96. The summed E-state index contributed by atoms with van der Waals surface area (Å²) in [6.45, 7) is 0. The zero-order valence-electron chi connectivity index (χ0n) is 11.5. The minimum Gasteiger partial charge on any atom is -0.355 e. The molecule has 5 nitrogen and oxygen atoms in total. The number of hydrogen-bond donors (Lipinski definition) is 3. The van der Waals surface area contributed by atoms with Crippen molar-refractivity contribution in [2.75, 3.05) is 12.4 Å². The highest BCUT2D eigenvalue weighted by Gasteiger charge is 2.42. The van der Waals surface area contributed by atoms with Crippen LogP contribution in [0.5, 0.6) is 0 Å². The summed E-state index contributed by atoms with van der Waals surface area (Å²) < 4.78 is 0. The molecule has 1 aromatic carbocycles. The number of fused-ring (bicyclic) bond motifs is 2. The van der Waals surface area contributed by atoms with Crippen LogP contribution in [0.1, 0.15) is 29.6 Å². The summed E-state index contributed by atoms with van der Waals surface area (Å²) in [7, 11) is 1.60. The Bertz CT molecular complexity index is 526. The molecular weight excluding hydrogens is 254 g/mol. The lowest BCUT2D eigenvalue weighted by atomic mass is 9.88. The van der Waals surface area contributed by atoms with E-state index in [4.69, 9.17) is 0 Å². The molecule has 20 heavy (non-hydrogen) atoms. The maximum absolute atomic E-state index is 12.2. The fourth-order valence-electron chi connectivity index (χ4n) is 3.20. The van der Waals surface area contributed by atoms with Gasteiger partial charge in [-0.15, -0.1) is 0 Å². The number of nitrogens with one attached hydrogen (secondary N) is 3. The lowest BCUT2D eigenvalue weighted by Crippen LogP contribution is -2.32. The van der Waals surface area contributed by atoms with Gasteiger partial charge in [0.1, 0.15) is 0 Å². The van der Waals surface area contributed by atoms with Gasteiger partial charge < -0.3 is 16.0 Å². The minimum atomic E-state index is -0.125. The topological polar surface area (TPSA) is 70.2 Å². The molecule has 0 radical (unpaired) electrons. The van der Waals surface area contributed by atoms with Gasteiger partial charge in [-0.2, -0.15) is 0 Å². The predicted molar refractivity (Wildman–Crippen MR) is 76.5 cm³/mol. The summed E-state index contributed by atoms with van der Waals surface area (Å²) >= 11 is 0. The molecule has 2 heterocycles. The molecule has 0 spiro atoms. The van der Waals surface area contributed by atoms with Crippen LogP contribution in [0.2, 0.25) is 0 Å². The fourth-order valence-corrected chi connectivity index (χ4v) is 3.20. The maximum Gasteiger partial charge on any atom is 0.251 e.